The zero-order valence-electron chi connectivity index (χ0n) is 21.9. The number of hydrogen-bond donors (Lipinski definition) is 1. The molecular formula is C30H30N2O6. The summed E-state index contributed by atoms with van der Waals surface area (Å²) in [6, 6.07) is 13.8. The highest BCUT2D eigenvalue weighted by Gasteiger charge is 2.37. The summed E-state index contributed by atoms with van der Waals surface area (Å²) in [5, 5.41) is 14.6. The summed E-state index contributed by atoms with van der Waals surface area (Å²) in [4.78, 5) is 38.1. The molecule has 8 nitrogen and oxygen atoms in total. The van der Waals surface area contributed by atoms with Gasteiger partial charge in [-0.3, -0.25) is 9.59 Å². The molecule has 1 aliphatic rings. The standard InChI is InChI=1S/C30H30N2O6/c1-30(2,3)27-23(32(29(35)36)31-28(27)19-6-7-19)15-20(33)13-17-5-12-25-22(14-17)24(34)16-26(38-25)18-8-10-21(37-4)11-9-18/h5,8-12,14,16,19H,6-7,13,15H2,1-4H3,(H,35,36). The van der Waals surface area contributed by atoms with Gasteiger partial charge in [0.1, 0.15) is 22.9 Å². The summed E-state index contributed by atoms with van der Waals surface area (Å²) < 4.78 is 12.1. The Kier molecular flexibility index (Phi) is 6.42. The molecule has 5 rings (SSSR count). The third-order valence-electron chi connectivity index (χ3n) is 6.84. The first-order valence-electron chi connectivity index (χ1n) is 12.6. The molecule has 1 N–H and O–H groups in total. The van der Waals surface area contributed by atoms with E-state index in [2.05, 4.69) is 5.10 Å². The minimum Gasteiger partial charge on any atom is -0.497 e. The molecule has 2 aromatic carbocycles. The average Bonchev–Trinajstić information content (AvgIpc) is 3.64. The van der Waals surface area contributed by atoms with E-state index in [4.69, 9.17) is 9.15 Å². The van der Waals surface area contributed by atoms with Crippen molar-refractivity contribution in [2.75, 3.05) is 7.11 Å². The second-order valence-corrected chi connectivity index (χ2v) is 10.9. The fourth-order valence-corrected chi connectivity index (χ4v) is 4.94. The number of ether oxygens (including phenoxy) is 1. The topological polar surface area (TPSA) is 112 Å². The van der Waals surface area contributed by atoms with E-state index in [9.17, 15) is 19.5 Å². The van der Waals surface area contributed by atoms with E-state index in [1.165, 1.54) is 6.07 Å². The maximum absolute atomic E-state index is 13.2. The Bertz CT molecular complexity index is 1600. The molecule has 0 amide bonds. The van der Waals surface area contributed by atoms with Crippen molar-refractivity contribution in [2.24, 2.45) is 0 Å². The molecular weight excluding hydrogens is 484 g/mol. The van der Waals surface area contributed by atoms with Gasteiger partial charge in [-0.25, -0.2) is 4.79 Å². The molecule has 1 aliphatic carbocycles. The van der Waals surface area contributed by atoms with E-state index >= 15 is 0 Å². The summed E-state index contributed by atoms with van der Waals surface area (Å²) in [6.45, 7) is 6.04. The number of hydrogen-bond acceptors (Lipinski definition) is 6. The number of aromatic nitrogens is 2. The molecule has 8 heteroatoms. The molecule has 0 atom stereocenters. The Balaban J connectivity index is 1.42. The van der Waals surface area contributed by atoms with E-state index in [0.717, 1.165) is 34.3 Å². The first kappa shape index (κ1) is 25.4. The Morgan fingerprint density at radius 3 is 2.39 bits per heavy atom. The van der Waals surface area contributed by atoms with Crippen LogP contribution in [-0.2, 0) is 23.1 Å². The molecule has 2 heterocycles. The molecule has 196 valence electrons. The molecule has 1 saturated carbocycles. The molecule has 1 fully saturated rings. The highest BCUT2D eigenvalue weighted by atomic mass is 16.5. The monoisotopic (exact) mass is 514 g/mol. The van der Waals surface area contributed by atoms with Gasteiger partial charge < -0.3 is 14.3 Å². The smallest absolute Gasteiger partial charge is 0.432 e. The van der Waals surface area contributed by atoms with Crippen LogP contribution in [0.4, 0.5) is 4.79 Å². The minimum atomic E-state index is -1.19. The summed E-state index contributed by atoms with van der Waals surface area (Å²) in [7, 11) is 1.59. The van der Waals surface area contributed by atoms with Gasteiger partial charge in [-0.05, 0) is 60.2 Å². The summed E-state index contributed by atoms with van der Waals surface area (Å²) >= 11 is 0. The molecule has 0 bridgehead atoms. The van der Waals surface area contributed by atoms with Gasteiger partial charge in [0, 0.05) is 36.0 Å². The van der Waals surface area contributed by atoms with Gasteiger partial charge in [0.05, 0.1) is 23.9 Å². The predicted octanol–water partition coefficient (Wildman–Crippen LogP) is 5.72. The minimum absolute atomic E-state index is 0.0539. The van der Waals surface area contributed by atoms with Crippen molar-refractivity contribution in [3.63, 3.8) is 0 Å². The van der Waals surface area contributed by atoms with Gasteiger partial charge in [-0.1, -0.05) is 26.8 Å². The largest absolute Gasteiger partial charge is 0.497 e. The van der Waals surface area contributed by atoms with Crippen LogP contribution in [-0.4, -0.2) is 33.9 Å². The molecule has 0 spiro atoms. The van der Waals surface area contributed by atoms with Crippen molar-refractivity contribution in [3.05, 3.63) is 81.3 Å². The SMILES string of the molecule is COc1ccc(-c2cc(=O)c3cc(CC(=O)Cc4c(C(C)(C)C)c(C5CC5)nn4C(=O)O)ccc3o2)cc1. The number of nitrogens with zero attached hydrogens (tertiary/aromatic N) is 2. The van der Waals surface area contributed by atoms with Crippen molar-refractivity contribution in [1.29, 1.82) is 0 Å². The molecule has 0 unspecified atom stereocenters. The van der Waals surface area contributed by atoms with Crippen LogP contribution >= 0.6 is 0 Å². The van der Waals surface area contributed by atoms with Crippen molar-refractivity contribution >= 4 is 22.8 Å². The number of Topliss-reactive ketones (excluding diaryl/α,β-unsaturated/α-hetero) is 1. The predicted molar refractivity (Wildman–Crippen MR) is 143 cm³/mol. The lowest BCUT2D eigenvalue weighted by atomic mass is 9.83. The Hall–Kier alpha value is -4.20. The second-order valence-electron chi connectivity index (χ2n) is 10.9. The summed E-state index contributed by atoms with van der Waals surface area (Å²) in [5.41, 5.74) is 3.34. The van der Waals surface area contributed by atoms with Gasteiger partial charge in [0.15, 0.2) is 5.43 Å². The lowest BCUT2D eigenvalue weighted by molar-refractivity contribution is -0.117. The van der Waals surface area contributed by atoms with Gasteiger partial charge in [0.25, 0.3) is 0 Å². The van der Waals surface area contributed by atoms with Crippen LogP contribution < -0.4 is 10.2 Å². The zero-order chi connectivity index (χ0) is 27.2. The molecule has 0 saturated heterocycles. The number of methoxy groups -OCH3 is 1. The fourth-order valence-electron chi connectivity index (χ4n) is 4.94. The van der Waals surface area contributed by atoms with E-state index in [0.29, 0.717) is 33.7 Å². The van der Waals surface area contributed by atoms with Crippen molar-refractivity contribution in [1.82, 2.24) is 9.78 Å². The number of fused-ring (bicyclic) bond motifs is 1. The van der Waals surface area contributed by atoms with Gasteiger partial charge in [-0.15, -0.1) is 0 Å². The highest BCUT2D eigenvalue weighted by Crippen LogP contribution is 2.45. The van der Waals surface area contributed by atoms with Crippen molar-refractivity contribution in [3.8, 4) is 17.1 Å². The number of rotatable bonds is 7. The van der Waals surface area contributed by atoms with Crippen molar-refractivity contribution in [2.45, 2.75) is 57.8 Å². The van der Waals surface area contributed by atoms with Crippen LogP contribution in [0.3, 0.4) is 0 Å². The lowest BCUT2D eigenvalue weighted by Gasteiger charge is -2.21. The molecule has 2 aromatic heterocycles. The second kappa shape index (κ2) is 9.59. The van der Waals surface area contributed by atoms with Crippen LogP contribution in [0.25, 0.3) is 22.3 Å². The normalized spacial score (nSPS) is 13.6. The van der Waals surface area contributed by atoms with E-state index in [1.54, 1.807) is 37.4 Å². The van der Waals surface area contributed by atoms with E-state index in [1.807, 2.05) is 32.9 Å². The summed E-state index contributed by atoms with van der Waals surface area (Å²) in [5.74, 6) is 1.24. The fraction of sp³-hybridized carbons (Fsp3) is 0.333. The average molecular weight is 515 g/mol. The van der Waals surface area contributed by atoms with Crippen LogP contribution in [0.15, 0.2) is 57.7 Å². The van der Waals surface area contributed by atoms with Gasteiger partial charge in [0.2, 0.25) is 0 Å². The van der Waals surface area contributed by atoms with Crippen molar-refractivity contribution < 1.29 is 23.8 Å². The Labute approximate surface area is 219 Å². The number of carboxylic acid groups (broad SMARTS) is 1. The van der Waals surface area contributed by atoms with Crippen LogP contribution in [0.1, 0.15) is 62.0 Å². The van der Waals surface area contributed by atoms with Gasteiger partial charge in [-0.2, -0.15) is 9.78 Å². The van der Waals surface area contributed by atoms with Crippen LogP contribution in [0, 0.1) is 0 Å². The van der Waals surface area contributed by atoms with E-state index < -0.39 is 6.09 Å². The van der Waals surface area contributed by atoms with Crippen LogP contribution in [0.2, 0.25) is 0 Å². The third kappa shape index (κ3) is 4.98. The highest BCUT2D eigenvalue weighted by molar-refractivity contribution is 5.86. The number of carbonyl (C=O) groups excluding carboxylic acids is 1. The summed E-state index contributed by atoms with van der Waals surface area (Å²) in [6.07, 6.45) is 0.769. The lowest BCUT2D eigenvalue weighted by Crippen LogP contribution is -2.21. The Morgan fingerprint density at radius 2 is 1.79 bits per heavy atom. The quantitative estimate of drug-likeness (QED) is 0.336. The Morgan fingerprint density at radius 1 is 1.08 bits per heavy atom. The molecule has 38 heavy (non-hydrogen) atoms. The van der Waals surface area contributed by atoms with Crippen LogP contribution in [0.5, 0.6) is 5.75 Å². The third-order valence-corrected chi connectivity index (χ3v) is 6.84. The number of ketones is 1. The zero-order valence-corrected chi connectivity index (χ0v) is 21.9. The first-order chi connectivity index (χ1) is 18.0. The van der Waals surface area contributed by atoms with E-state index in [-0.39, 0.29) is 35.4 Å². The molecule has 0 radical (unpaired) electrons. The maximum Gasteiger partial charge on any atom is 0.432 e. The first-order valence-corrected chi connectivity index (χ1v) is 12.6. The molecule has 4 aromatic rings. The number of carbonyl (C=O) groups is 2. The number of benzene rings is 2. The maximum atomic E-state index is 13.2. The molecule has 0 aliphatic heterocycles. The van der Waals surface area contributed by atoms with Gasteiger partial charge >= 0.3 is 6.09 Å².